The Balaban J connectivity index is 0.00000162. The average molecular weight is 292 g/mol. The molecule has 0 bridgehead atoms. The summed E-state index contributed by atoms with van der Waals surface area (Å²) in [5.74, 6) is 0.303. The van der Waals surface area contributed by atoms with Crippen LogP contribution >= 0.6 is 12.6 Å². The number of ether oxygens (including phenoxy) is 2. The Hall–Kier alpha value is -0.0536. The maximum absolute atomic E-state index is 11.0. The summed E-state index contributed by atoms with van der Waals surface area (Å²) in [6.45, 7) is 2.51. The van der Waals surface area contributed by atoms with Crippen molar-refractivity contribution in [2.24, 2.45) is 0 Å². The Kier molecular flexibility index (Phi) is 6.68. The maximum atomic E-state index is 11.0. The molecule has 1 aromatic heterocycles. The number of thiol groups is 1. The third-order valence-electron chi connectivity index (χ3n) is 2.08. The summed E-state index contributed by atoms with van der Waals surface area (Å²) in [4.78, 5) is 18.1. The molecule has 1 heterocycles. The van der Waals surface area contributed by atoms with E-state index >= 15 is 0 Å². The Morgan fingerprint density at radius 1 is 1.50 bits per heavy atom. The predicted octanol–water partition coefficient (Wildman–Crippen LogP) is 1.15. The SMILES string of the molecule is CCOc1ccc2[nH]c(OC(=O)CS)nc2c1.[KH]. The average Bonchev–Trinajstić information content (AvgIpc) is 2.70. The zero-order valence-corrected chi connectivity index (χ0v) is 10.2. The van der Waals surface area contributed by atoms with Gasteiger partial charge in [0.25, 0.3) is 0 Å². The normalized spacial score (nSPS) is 9.89. The standard InChI is InChI=1S/C11H12N2O3S.K.H/c1-2-15-7-3-4-8-9(5-7)13-11(12-8)16-10(14)6-17;;/h3-5,17H,2,6H2,1H3,(H,12,13);;. The van der Waals surface area contributed by atoms with E-state index in [0.717, 1.165) is 11.3 Å². The number of aromatic nitrogens is 2. The molecule has 0 atom stereocenters. The first-order valence-electron chi connectivity index (χ1n) is 5.17. The van der Waals surface area contributed by atoms with E-state index in [1.165, 1.54) is 0 Å². The second-order valence-electron chi connectivity index (χ2n) is 3.29. The van der Waals surface area contributed by atoms with Crippen molar-refractivity contribution in [2.75, 3.05) is 12.4 Å². The van der Waals surface area contributed by atoms with Gasteiger partial charge < -0.3 is 14.5 Å². The first-order valence-corrected chi connectivity index (χ1v) is 5.80. The predicted molar refractivity (Wildman–Crippen MR) is 73.9 cm³/mol. The Labute approximate surface area is 152 Å². The van der Waals surface area contributed by atoms with E-state index < -0.39 is 5.97 Å². The van der Waals surface area contributed by atoms with Gasteiger partial charge in [-0.3, -0.25) is 4.79 Å². The summed E-state index contributed by atoms with van der Waals surface area (Å²) in [6.07, 6.45) is 0. The molecule has 0 saturated heterocycles. The number of carbonyl (C=O) groups excluding carboxylic acids is 1. The zero-order valence-electron chi connectivity index (χ0n) is 9.27. The first-order chi connectivity index (χ1) is 8.22. The van der Waals surface area contributed by atoms with Crippen molar-refractivity contribution in [3.05, 3.63) is 18.2 Å². The van der Waals surface area contributed by atoms with Crippen molar-refractivity contribution in [2.45, 2.75) is 6.92 Å². The molecule has 0 saturated carbocycles. The number of esters is 1. The molecule has 0 fully saturated rings. The summed E-state index contributed by atoms with van der Waals surface area (Å²) >= 11 is 3.82. The second-order valence-corrected chi connectivity index (χ2v) is 3.60. The van der Waals surface area contributed by atoms with Gasteiger partial charge in [0, 0.05) is 6.07 Å². The Morgan fingerprint density at radius 2 is 2.28 bits per heavy atom. The molecule has 0 radical (unpaired) electrons. The van der Waals surface area contributed by atoms with Gasteiger partial charge in [0.05, 0.1) is 23.4 Å². The third-order valence-corrected chi connectivity index (χ3v) is 2.34. The molecule has 0 unspecified atom stereocenters. The van der Waals surface area contributed by atoms with E-state index in [4.69, 9.17) is 9.47 Å². The molecule has 0 amide bonds. The first kappa shape index (κ1) is 16.0. The van der Waals surface area contributed by atoms with Gasteiger partial charge in [0.15, 0.2) is 0 Å². The fourth-order valence-electron chi connectivity index (χ4n) is 1.41. The van der Waals surface area contributed by atoms with Gasteiger partial charge in [-0.1, -0.05) is 0 Å². The minimum atomic E-state index is -0.447. The molecule has 2 aromatic rings. The van der Waals surface area contributed by atoms with Crippen LogP contribution < -0.4 is 9.47 Å². The van der Waals surface area contributed by atoms with E-state index in [9.17, 15) is 4.79 Å². The molecule has 1 N–H and O–H groups in total. The number of benzene rings is 1. The molecule has 0 aliphatic carbocycles. The van der Waals surface area contributed by atoms with Gasteiger partial charge >= 0.3 is 63.4 Å². The second kappa shape index (κ2) is 7.51. The quantitative estimate of drug-likeness (QED) is 0.504. The number of carbonyl (C=O) groups is 1. The number of imidazole rings is 1. The van der Waals surface area contributed by atoms with E-state index in [-0.39, 0.29) is 63.1 Å². The van der Waals surface area contributed by atoms with Crippen molar-refractivity contribution in [1.82, 2.24) is 9.97 Å². The van der Waals surface area contributed by atoms with E-state index in [2.05, 4.69) is 22.6 Å². The molecule has 2 rings (SSSR count). The molecule has 0 aliphatic rings. The summed E-state index contributed by atoms with van der Waals surface area (Å²) in [6, 6.07) is 5.61. The van der Waals surface area contributed by atoms with E-state index in [0.29, 0.717) is 12.1 Å². The van der Waals surface area contributed by atoms with Crippen molar-refractivity contribution in [3.63, 3.8) is 0 Å². The number of nitrogens with zero attached hydrogens (tertiary/aromatic N) is 1. The van der Waals surface area contributed by atoms with Crippen LogP contribution in [-0.4, -0.2) is 79.7 Å². The van der Waals surface area contributed by atoms with Gasteiger partial charge in [0.2, 0.25) is 0 Å². The third kappa shape index (κ3) is 3.97. The summed E-state index contributed by atoms with van der Waals surface area (Å²) in [7, 11) is 0. The number of nitrogens with one attached hydrogen (secondary N) is 1. The minimum absolute atomic E-state index is 0. The number of fused-ring (bicyclic) bond motifs is 1. The zero-order chi connectivity index (χ0) is 12.3. The fraction of sp³-hybridized carbons (Fsp3) is 0.273. The number of hydrogen-bond donors (Lipinski definition) is 2. The van der Waals surface area contributed by atoms with Crippen LogP contribution in [0.1, 0.15) is 6.92 Å². The topological polar surface area (TPSA) is 64.2 Å². The molecule has 0 aliphatic heterocycles. The van der Waals surface area contributed by atoms with Crippen LogP contribution in [0.25, 0.3) is 11.0 Å². The van der Waals surface area contributed by atoms with Crippen LogP contribution in [0.5, 0.6) is 11.8 Å². The van der Waals surface area contributed by atoms with Crippen LogP contribution in [0.3, 0.4) is 0 Å². The van der Waals surface area contributed by atoms with Crippen LogP contribution in [-0.2, 0) is 4.79 Å². The van der Waals surface area contributed by atoms with Crippen molar-refractivity contribution in [3.8, 4) is 11.8 Å². The molecule has 18 heavy (non-hydrogen) atoms. The van der Waals surface area contributed by atoms with Crippen molar-refractivity contribution >= 4 is 81.0 Å². The molecular formula is C11H13KN2O3S. The monoisotopic (exact) mass is 292 g/mol. The Bertz CT molecular complexity index is 544. The molecule has 1 aromatic carbocycles. The van der Waals surface area contributed by atoms with Crippen LogP contribution in [0.4, 0.5) is 0 Å². The number of H-pyrrole nitrogens is 1. The van der Waals surface area contributed by atoms with Gasteiger partial charge in [-0.2, -0.15) is 17.6 Å². The molecule has 5 nitrogen and oxygen atoms in total. The van der Waals surface area contributed by atoms with Gasteiger partial charge in [-0.25, -0.2) is 0 Å². The van der Waals surface area contributed by atoms with Gasteiger partial charge in [-0.05, 0) is 19.1 Å². The summed E-state index contributed by atoms with van der Waals surface area (Å²) in [5.41, 5.74) is 1.48. The van der Waals surface area contributed by atoms with Gasteiger partial charge in [0.1, 0.15) is 5.75 Å². The van der Waals surface area contributed by atoms with Crippen molar-refractivity contribution < 1.29 is 14.3 Å². The van der Waals surface area contributed by atoms with Gasteiger partial charge in [-0.15, -0.1) is 0 Å². The molecule has 7 heteroatoms. The number of rotatable bonds is 4. The van der Waals surface area contributed by atoms with Crippen LogP contribution in [0.15, 0.2) is 18.2 Å². The fourth-order valence-corrected chi connectivity index (χ4v) is 1.47. The number of aromatic amines is 1. The molecule has 92 valence electrons. The van der Waals surface area contributed by atoms with E-state index in [1.54, 1.807) is 6.07 Å². The van der Waals surface area contributed by atoms with Crippen LogP contribution in [0.2, 0.25) is 0 Å². The Morgan fingerprint density at radius 3 is 2.94 bits per heavy atom. The molecule has 0 spiro atoms. The van der Waals surface area contributed by atoms with Crippen LogP contribution in [0, 0.1) is 0 Å². The van der Waals surface area contributed by atoms with Crippen molar-refractivity contribution in [1.29, 1.82) is 0 Å². The number of hydrogen-bond acceptors (Lipinski definition) is 5. The summed E-state index contributed by atoms with van der Waals surface area (Å²) in [5, 5.41) is 0. The van der Waals surface area contributed by atoms with E-state index in [1.807, 2.05) is 19.1 Å². The summed E-state index contributed by atoms with van der Waals surface area (Å²) < 4.78 is 10.3. The molecular weight excluding hydrogens is 279 g/mol.